The Bertz CT molecular complexity index is 779. The van der Waals surface area contributed by atoms with Crippen LogP contribution < -0.4 is 0 Å². The number of thioether (sulfide) groups is 1. The molecule has 5 heteroatoms. The van der Waals surface area contributed by atoms with Crippen molar-refractivity contribution >= 4 is 23.2 Å². The Balaban J connectivity index is 1.57. The van der Waals surface area contributed by atoms with Crippen molar-refractivity contribution in [2.75, 3.05) is 18.8 Å². The van der Waals surface area contributed by atoms with E-state index in [2.05, 4.69) is 40.3 Å². The lowest BCUT2D eigenvalue weighted by Crippen LogP contribution is -2.35. The van der Waals surface area contributed by atoms with Crippen molar-refractivity contribution in [3.8, 4) is 0 Å². The molecular formula is C20H23N3OS. The molecule has 0 aliphatic carbocycles. The maximum Gasteiger partial charge on any atom is 0.233 e. The summed E-state index contributed by atoms with van der Waals surface area (Å²) < 4.78 is 0. The Hall–Kier alpha value is -2.14. The first-order valence-corrected chi connectivity index (χ1v) is 9.50. The normalized spacial score (nSPS) is 14.4. The molecule has 1 aliphatic heterocycles. The van der Waals surface area contributed by atoms with E-state index in [0.717, 1.165) is 29.9 Å². The van der Waals surface area contributed by atoms with Gasteiger partial charge in [0.1, 0.15) is 0 Å². The summed E-state index contributed by atoms with van der Waals surface area (Å²) in [5.74, 6) is 0.532. The van der Waals surface area contributed by atoms with Crippen LogP contribution in [-0.2, 0) is 4.79 Å². The summed E-state index contributed by atoms with van der Waals surface area (Å²) >= 11 is 1.42. The third-order valence-electron chi connectivity index (χ3n) is 4.64. The molecule has 1 aromatic carbocycles. The highest BCUT2D eigenvalue weighted by Gasteiger charge is 2.18. The monoisotopic (exact) mass is 353 g/mol. The molecule has 0 N–H and O–H groups in total. The van der Waals surface area contributed by atoms with Gasteiger partial charge in [-0.2, -0.15) is 0 Å². The minimum Gasteiger partial charge on any atom is -0.338 e. The van der Waals surface area contributed by atoms with Gasteiger partial charge in [-0.1, -0.05) is 48.2 Å². The fourth-order valence-electron chi connectivity index (χ4n) is 2.83. The number of aryl methyl sites for hydroxylation is 2. The first-order valence-electron chi connectivity index (χ1n) is 8.51. The quantitative estimate of drug-likeness (QED) is 0.619. The van der Waals surface area contributed by atoms with Crippen LogP contribution in [0.2, 0.25) is 0 Å². The Morgan fingerprint density at radius 3 is 2.40 bits per heavy atom. The van der Waals surface area contributed by atoms with Crippen LogP contribution in [0.5, 0.6) is 0 Å². The van der Waals surface area contributed by atoms with E-state index in [1.54, 1.807) is 0 Å². The van der Waals surface area contributed by atoms with Gasteiger partial charge in [0.15, 0.2) is 5.16 Å². The predicted octanol–water partition coefficient (Wildman–Crippen LogP) is 3.81. The second kappa shape index (κ2) is 7.83. The second-order valence-electron chi connectivity index (χ2n) is 6.28. The number of carbonyl (C=O) groups is 1. The highest BCUT2D eigenvalue weighted by molar-refractivity contribution is 7.99. The number of amides is 1. The number of hydrogen-bond donors (Lipinski definition) is 0. The number of carbonyl (C=O) groups excluding carboxylic acids is 1. The first kappa shape index (κ1) is 17.7. The summed E-state index contributed by atoms with van der Waals surface area (Å²) in [7, 11) is 0. The average Bonchev–Trinajstić information content (AvgIpc) is 2.65. The molecule has 0 fully saturated rings. The van der Waals surface area contributed by atoms with Crippen LogP contribution in [-0.4, -0.2) is 39.6 Å². The minimum atomic E-state index is 0.146. The zero-order chi connectivity index (χ0) is 17.8. The maximum absolute atomic E-state index is 12.5. The lowest BCUT2D eigenvalue weighted by Gasteiger charge is -2.26. The first-order chi connectivity index (χ1) is 12.0. The van der Waals surface area contributed by atoms with Crippen LogP contribution in [0.1, 0.15) is 28.9 Å². The van der Waals surface area contributed by atoms with Crippen LogP contribution in [0.15, 0.2) is 41.6 Å². The summed E-state index contributed by atoms with van der Waals surface area (Å²) in [5.41, 5.74) is 5.66. The third-order valence-corrected chi connectivity index (χ3v) is 5.48. The molecule has 0 saturated heterocycles. The molecule has 0 atom stereocenters. The van der Waals surface area contributed by atoms with Crippen LogP contribution in [0.4, 0.5) is 0 Å². The van der Waals surface area contributed by atoms with Gasteiger partial charge in [0.25, 0.3) is 0 Å². The van der Waals surface area contributed by atoms with Crippen molar-refractivity contribution in [3.63, 3.8) is 0 Å². The number of hydrogen-bond acceptors (Lipinski definition) is 4. The van der Waals surface area contributed by atoms with E-state index < -0.39 is 0 Å². The SMILES string of the molecule is Cc1nc(SCC(=O)N2CC=C(c3ccccc3)CC2)nc(C)c1C. The van der Waals surface area contributed by atoms with Crippen molar-refractivity contribution in [2.45, 2.75) is 32.3 Å². The van der Waals surface area contributed by atoms with E-state index >= 15 is 0 Å². The molecule has 2 heterocycles. The largest absolute Gasteiger partial charge is 0.338 e. The van der Waals surface area contributed by atoms with Crippen LogP contribution in [0, 0.1) is 20.8 Å². The highest BCUT2D eigenvalue weighted by atomic mass is 32.2. The zero-order valence-electron chi connectivity index (χ0n) is 15.0. The number of nitrogens with zero attached hydrogens (tertiary/aromatic N) is 3. The summed E-state index contributed by atoms with van der Waals surface area (Å²) in [6.45, 7) is 7.44. The lowest BCUT2D eigenvalue weighted by molar-refractivity contribution is -0.127. The third kappa shape index (κ3) is 4.28. The molecule has 1 aromatic heterocycles. The molecule has 1 amide bonds. The molecule has 0 bridgehead atoms. The van der Waals surface area contributed by atoms with Gasteiger partial charge < -0.3 is 4.90 Å². The fourth-order valence-corrected chi connectivity index (χ4v) is 3.67. The summed E-state index contributed by atoms with van der Waals surface area (Å²) in [6.07, 6.45) is 3.07. The Morgan fingerprint density at radius 1 is 1.12 bits per heavy atom. The molecule has 0 radical (unpaired) electrons. The van der Waals surface area contributed by atoms with E-state index in [4.69, 9.17) is 0 Å². The van der Waals surface area contributed by atoms with Crippen molar-refractivity contribution < 1.29 is 4.79 Å². The predicted molar refractivity (Wildman–Crippen MR) is 103 cm³/mol. The topological polar surface area (TPSA) is 46.1 Å². The van der Waals surface area contributed by atoms with E-state index in [9.17, 15) is 4.79 Å². The van der Waals surface area contributed by atoms with Crippen molar-refractivity contribution in [1.29, 1.82) is 0 Å². The molecular weight excluding hydrogens is 330 g/mol. The molecule has 25 heavy (non-hydrogen) atoms. The fraction of sp³-hybridized carbons (Fsp3) is 0.350. The van der Waals surface area contributed by atoms with Crippen molar-refractivity contribution in [3.05, 3.63) is 58.9 Å². The molecule has 2 aromatic rings. The van der Waals surface area contributed by atoms with E-state index in [0.29, 0.717) is 17.5 Å². The molecule has 0 unspecified atom stereocenters. The van der Waals surface area contributed by atoms with Crippen LogP contribution in [0.3, 0.4) is 0 Å². The van der Waals surface area contributed by atoms with Gasteiger partial charge in [0.05, 0.1) is 5.75 Å². The Labute approximate surface area is 153 Å². The number of benzene rings is 1. The van der Waals surface area contributed by atoms with Gasteiger partial charge >= 0.3 is 0 Å². The second-order valence-corrected chi connectivity index (χ2v) is 7.22. The smallest absolute Gasteiger partial charge is 0.233 e. The summed E-state index contributed by atoms with van der Waals surface area (Å²) in [6, 6.07) is 10.4. The van der Waals surface area contributed by atoms with Crippen molar-refractivity contribution in [1.82, 2.24) is 14.9 Å². The summed E-state index contributed by atoms with van der Waals surface area (Å²) in [4.78, 5) is 23.3. The number of rotatable bonds is 4. The minimum absolute atomic E-state index is 0.146. The van der Waals surface area contributed by atoms with E-state index in [-0.39, 0.29) is 5.91 Å². The van der Waals surface area contributed by atoms with Gasteiger partial charge in [-0.15, -0.1) is 0 Å². The molecule has 1 aliphatic rings. The number of aromatic nitrogens is 2. The van der Waals surface area contributed by atoms with Crippen LogP contribution in [0.25, 0.3) is 5.57 Å². The zero-order valence-corrected chi connectivity index (χ0v) is 15.8. The lowest BCUT2D eigenvalue weighted by atomic mass is 10.00. The van der Waals surface area contributed by atoms with Gasteiger partial charge in [-0.25, -0.2) is 9.97 Å². The van der Waals surface area contributed by atoms with E-state index in [1.165, 1.54) is 22.9 Å². The van der Waals surface area contributed by atoms with Gasteiger partial charge in [-0.05, 0) is 43.9 Å². The van der Waals surface area contributed by atoms with Gasteiger partial charge in [-0.3, -0.25) is 4.79 Å². The molecule has 3 rings (SSSR count). The van der Waals surface area contributed by atoms with Gasteiger partial charge in [0, 0.05) is 24.5 Å². The molecule has 0 saturated carbocycles. The maximum atomic E-state index is 12.5. The van der Waals surface area contributed by atoms with E-state index in [1.807, 2.05) is 31.7 Å². The molecule has 4 nitrogen and oxygen atoms in total. The molecule has 0 spiro atoms. The average molecular weight is 353 g/mol. The van der Waals surface area contributed by atoms with Crippen molar-refractivity contribution in [2.24, 2.45) is 0 Å². The Morgan fingerprint density at radius 2 is 1.80 bits per heavy atom. The highest BCUT2D eigenvalue weighted by Crippen LogP contribution is 2.23. The summed E-state index contributed by atoms with van der Waals surface area (Å²) in [5, 5.41) is 0.687. The molecule has 130 valence electrons. The Kier molecular flexibility index (Phi) is 5.53. The van der Waals surface area contributed by atoms with Crippen LogP contribution >= 0.6 is 11.8 Å². The standard InChI is InChI=1S/C20H23N3OS/c1-14-15(2)21-20(22-16(14)3)25-13-19(24)23-11-9-18(10-12-23)17-7-5-4-6-8-17/h4-9H,10-13H2,1-3H3. The van der Waals surface area contributed by atoms with Gasteiger partial charge in [0.2, 0.25) is 5.91 Å².